The molecule has 31 heavy (non-hydrogen) atoms. The molecule has 0 saturated carbocycles. The monoisotopic (exact) mass is 427 g/mol. The summed E-state index contributed by atoms with van der Waals surface area (Å²) in [5.74, 6) is 0.336. The number of carbonyl (C=O) groups excluding carboxylic acids is 1. The second-order valence-corrected chi connectivity index (χ2v) is 8.17. The number of hydrogen-bond acceptors (Lipinski definition) is 7. The van der Waals surface area contributed by atoms with Crippen molar-refractivity contribution >= 4 is 23.8 Å². The Morgan fingerprint density at radius 1 is 1.32 bits per heavy atom. The van der Waals surface area contributed by atoms with Gasteiger partial charge in [-0.15, -0.1) is 0 Å². The molecule has 2 bridgehead atoms. The number of nitrogens with two attached hydrogens (primary N) is 1. The van der Waals surface area contributed by atoms with Crippen molar-refractivity contribution in [3.8, 4) is 11.1 Å². The molecule has 3 heterocycles. The first-order valence-corrected chi connectivity index (χ1v) is 10.3. The van der Waals surface area contributed by atoms with E-state index in [0.29, 0.717) is 29.1 Å². The quantitative estimate of drug-likeness (QED) is 0.333. The van der Waals surface area contributed by atoms with E-state index in [0.717, 1.165) is 29.7 Å². The third-order valence-corrected chi connectivity index (χ3v) is 6.31. The molecule has 1 aromatic carbocycles. The lowest BCUT2D eigenvalue weighted by molar-refractivity contribution is -0.123. The fourth-order valence-electron chi connectivity index (χ4n) is 4.73. The van der Waals surface area contributed by atoms with Gasteiger partial charge in [-0.1, -0.05) is 11.2 Å². The first-order chi connectivity index (χ1) is 14.8. The van der Waals surface area contributed by atoms with E-state index < -0.39 is 0 Å². The number of nitrogens with one attached hydrogen (secondary N) is 2. The van der Waals surface area contributed by atoms with E-state index in [1.165, 1.54) is 12.8 Å². The molecular formula is C22H29N5O4. The van der Waals surface area contributed by atoms with Crippen LogP contribution in [0.2, 0.25) is 0 Å². The van der Waals surface area contributed by atoms with Gasteiger partial charge in [-0.25, -0.2) is 0 Å². The van der Waals surface area contributed by atoms with Crippen LogP contribution in [0, 0.1) is 19.3 Å². The third kappa shape index (κ3) is 4.61. The van der Waals surface area contributed by atoms with E-state index in [2.05, 4.69) is 22.4 Å². The zero-order valence-corrected chi connectivity index (χ0v) is 18.0. The lowest BCUT2D eigenvalue weighted by atomic mass is 9.96. The normalized spacial score (nSPS) is 22.4. The first kappa shape index (κ1) is 22.5. The topological polar surface area (TPSA) is 146 Å². The van der Waals surface area contributed by atoms with Gasteiger partial charge >= 0.3 is 0 Å². The Morgan fingerprint density at radius 3 is 2.48 bits per heavy atom. The Hall–Kier alpha value is -3.20. The summed E-state index contributed by atoms with van der Waals surface area (Å²) in [5.41, 5.74) is 9.34. The van der Waals surface area contributed by atoms with Gasteiger partial charge in [-0.3, -0.25) is 15.0 Å². The zero-order chi connectivity index (χ0) is 22.7. The molecule has 2 aliphatic rings. The van der Waals surface area contributed by atoms with Gasteiger partial charge in [0.1, 0.15) is 11.5 Å². The highest BCUT2D eigenvalue weighted by Crippen LogP contribution is 2.34. The third-order valence-electron chi connectivity index (χ3n) is 6.31. The second kappa shape index (κ2) is 9.30. The molecular weight excluding hydrogens is 398 g/mol. The standard InChI is InChI=1S/C21H27N5O2.CH2O2/c1-11-19(12(2)28-25-11)13-4-7-18(22)17(8-13)20(23)21(27)24-14-9-15-5-6-16(10-14)26(15)3;2-1-3/h4,7-8,14-16,23H,5-6,9-10,22H2,1-3H3,(H,24,27);1H,(H,2,3). The molecule has 1 amide bonds. The summed E-state index contributed by atoms with van der Waals surface area (Å²) < 4.78 is 5.24. The average molecular weight is 428 g/mol. The Balaban J connectivity index is 0.000000858. The van der Waals surface area contributed by atoms with Crippen molar-refractivity contribution < 1.29 is 19.2 Å². The van der Waals surface area contributed by atoms with Crippen molar-refractivity contribution in [1.29, 1.82) is 5.41 Å². The second-order valence-electron chi connectivity index (χ2n) is 8.17. The Kier molecular flexibility index (Phi) is 6.74. The molecule has 2 aromatic rings. The SMILES string of the molecule is Cc1noc(C)c1-c1ccc(N)c(C(=N)C(=O)NC2CC3CCC(C2)N3C)c1.O=CO. The number of nitrogen functional groups attached to an aromatic ring is 1. The molecule has 0 aliphatic carbocycles. The molecule has 4 rings (SSSR count). The molecule has 2 fully saturated rings. The summed E-state index contributed by atoms with van der Waals surface area (Å²) in [5, 5.41) is 22.4. The van der Waals surface area contributed by atoms with Crippen LogP contribution >= 0.6 is 0 Å². The number of anilines is 1. The number of amides is 1. The van der Waals surface area contributed by atoms with E-state index in [9.17, 15) is 4.79 Å². The largest absolute Gasteiger partial charge is 0.483 e. The molecule has 5 N–H and O–H groups in total. The van der Waals surface area contributed by atoms with Gasteiger partial charge in [-0.05, 0) is 64.3 Å². The summed E-state index contributed by atoms with van der Waals surface area (Å²) in [6.45, 7) is 3.46. The molecule has 9 nitrogen and oxygen atoms in total. The fraction of sp³-hybridized carbons (Fsp3) is 0.455. The van der Waals surface area contributed by atoms with Gasteiger partial charge in [-0.2, -0.15) is 0 Å². The number of benzene rings is 1. The highest BCUT2D eigenvalue weighted by Gasteiger charge is 2.39. The van der Waals surface area contributed by atoms with E-state index >= 15 is 0 Å². The zero-order valence-electron chi connectivity index (χ0n) is 18.0. The molecule has 9 heteroatoms. The predicted molar refractivity (Wildman–Crippen MR) is 117 cm³/mol. The summed E-state index contributed by atoms with van der Waals surface area (Å²) >= 11 is 0. The molecule has 2 aliphatic heterocycles. The number of aryl methyl sites for hydroxylation is 2. The summed E-state index contributed by atoms with van der Waals surface area (Å²) in [6, 6.07) is 6.56. The summed E-state index contributed by atoms with van der Waals surface area (Å²) in [6.07, 6.45) is 4.27. The van der Waals surface area contributed by atoms with Gasteiger partial charge in [0.05, 0.1) is 5.69 Å². The lowest BCUT2D eigenvalue weighted by Crippen LogP contribution is -2.50. The van der Waals surface area contributed by atoms with Gasteiger partial charge in [0.15, 0.2) is 0 Å². The van der Waals surface area contributed by atoms with Crippen LogP contribution in [-0.2, 0) is 9.59 Å². The predicted octanol–water partition coefficient (Wildman–Crippen LogP) is 2.35. The van der Waals surface area contributed by atoms with Crippen LogP contribution in [0.15, 0.2) is 22.7 Å². The van der Waals surface area contributed by atoms with Gasteiger partial charge in [0.2, 0.25) is 0 Å². The maximum atomic E-state index is 12.8. The van der Waals surface area contributed by atoms with E-state index in [1.54, 1.807) is 12.1 Å². The number of carboxylic acid groups (broad SMARTS) is 1. The van der Waals surface area contributed by atoms with Crippen LogP contribution in [0.25, 0.3) is 11.1 Å². The minimum Gasteiger partial charge on any atom is -0.483 e. The van der Waals surface area contributed by atoms with Crippen LogP contribution in [0.3, 0.4) is 0 Å². The Bertz CT molecular complexity index is 953. The van der Waals surface area contributed by atoms with Gasteiger partial charge in [0.25, 0.3) is 12.4 Å². The number of rotatable bonds is 4. The Morgan fingerprint density at radius 2 is 1.94 bits per heavy atom. The van der Waals surface area contributed by atoms with Gasteiger partial charge in [0, 0.05) is 34.9 Å². The highest BCUT2D eigenvalue weighted by atomic mass is 16.5. The average Bonchev–Trinajstić information content (AvgIpc) is 3.15. The number of nitrogens with zero attached hydrogens (tertiary/aromatic N) is 2. The maximum absolute atomic E-state index is 12.8. The van der Waals surface area contributed by atoms with Crippen molar-refractivity contribution in [2.45, 2.75) is 57.7 Å². The van der Waals surface area contributed by atoms with Crippen LogP contribution in [0.5, 0.6) is 0 Å². The van der Waals surface area contributed by atoms with Crippen molar-refractivity contribution in [3.05, 3.63) is 35.2 Å². The molecule has 2 atom stereocenters. The van der Waals surface area contributed by atoms with E-state index in [-0.39, 0.29) is 24.1 Å². The summed E-state index contributed by atoms with van der Waals surface area (Å²) in [7, 11) is 2.17. The number of fused-ring (bicyclic) bond motifs is 2. The minimum atomic E-state index is -0.364. The minimum absolute atomic E-state index is 0.0996. The molecule has 2 saturated heterocycles. The van der Waals surface area contributed by atoms with Crippen molar-refractivity contribution in [3.63, 3.8) is 0 Å². The Labute approximate surface area is 181 Å². The van der Waals surface area contributed by atoms with Crippen LogP contribution in [0.4, 0.5) is 5.69 Å². The van der Waals surface area contributed by atoms with Crippen molar-refractivity contribution in [1.82, 2.24) is 15.4 Å². The van der Waals surface area contributed by atoms with Crippen LogP contribution < -0.4 is 11.1 Å². The smallest absolute Gasteiger partial charge is 0.290 e. The molecule has 0 spiro atoms. The molecule has 1 aromatic heterocycles. The maximum Gasteiger partial charge on any atom is 0.290 e. The molecule has 166 valence electrons. The highest BCUT2D eigenvalue weighted by molar-refractivity contribution is 6.45. The molecule has 0 radical (unpaired) electrons. The van der Waals surface area contributed by atoms with Crippen molar-refractivity contribution in [2.75, 3.05) is 12.8 Å². The number of carbonyl (C=O) groups is 2. The van der Waals surface area contributed by atoms with Crippen LogP contribution in [0.1, 0.15) is 42.7 Å². The summed E-state index contributed by atoms with van der Waals surface area (Å²) in [4.78, 5) is 23.6. The number of hydrogen-bond donors (Lipinski definition) is 4. The van der Waals surface area contributed by atoms with Gasteiger partial charge < -0.3 is 25.6 Å². The first-order valence-electron chi connectivity index (χ1n) is 10.3. The van der Waals surface area contributed by atoms with Crippen LogP contribution in [-0.4, -0.2) is 58.4 Å². The number of aromatic nitrogens is 1. The lowest BCUT2D eigenvalue weighted by Gasteiger charge is -2.36. The van der Waals surface area contributed by atoms with E-state index in [1.807, 2.05) is 19.9 Å². The number of piperidine rings is 1. The fourth-order valence-corrected chi connectivity index (χ4v) is 4.73. The van der Waals surface area contributed by atoms with Crippen molar-refractivity contribution in [2.24, 2.45) is 0 Å². The van der Waals surface area contributed by atoms with E-state index in [4.69, 9.17) is 25.6 Å². The molecule has 2 unspecified atom stereocenters.